The number of hydrogen-bond acceptors (Lipinski definition) is 4. The van der Waals surface area contributed by atoms with E-state index in [1.165, 1.54) is 28.8 Å². The number of carboxylic acid groups (broad SMARTS) is 1. The highest BCUT2D eigenvalue weighted by Gasteiger charge is 2.31. The van der Waals surface area contributed by atoms with Crippen LogP contribution in [-0.2, 0) is 9.59 Å². The first-order valence-electron chi connectivity index (χ1n) is 7.20. The SMILES string of the molecule is O=C(O)CCCCCN1C(=O)/C(=C/c2ccc(F)cc2)SC1=S. The highest BCUT2D eigenvalue weighted by Crippen LogP contribution is 2.32. The van der Waals surface area contributed by atoms with Gasteiger partial charge in [0, 0.05) is 13.0 Å². The van der Waals surface area contributed by atoms with Crippen LogP contribution in [0.4, 0.5) is 4.39 Å². The molecule has 1 aliphatic heterocycles. The van der Waals surface area contributed by atoms with Crippen molar-refractivity contribution in [1.82, 2.24) is 4.90 Å². The number of thioether (sulfide) groups is 1. The Morgan fingerprint density at radius 2 is 1.96 bits per heavy atom. The number of carbonyl (C=O) groups is 2. The summed E-state index contributed by atoms with van der Waals surface area (Å²) < 4.78 is 13.4. The van der Waals surface area contributed by atoms with Gasteiger partial charge in [-0.3, -0.25) is 14.5 Å². The molecule has 7 heteroatoms. The monoisotopic (exact) mass is 353 g/mol. The predicted octanol–water partition coefficient (Wildman–Crippen LogP) is 3.67. The normalized spacial score (nSPS) is 16.4. The Hall–Kier alpha value is -1.73. The molecular formula is C16H16FNO3S2. The fourth-order valence-electron chi connectivity index (χ4n) is 2.13. The Bertz CT molecular complexity index is 643. The Morgan fingerprint density at radius 1 is 1.26 bits per heavy atom. The predicted molar refractivity (Wildman–Crippen MR) is 92.4 cm³/mol. The van der Waals surface area contributed by atoms with E-state index < -0.39 is 5.97 Å². The summed E-state index contributed by atoms with van der Waals surface area (Å²) in [5, 5.41) is 8.58. The molecule has 0 radical (unpaired) electrons. The van der Waals surface area contributed by atoms with Gasteiger partial charge in [0.15, 0.2) is 0 Å². The molecule has 1 amide bonds. The summed E-state index contributed by atoms with van der Waals surface area (Å²) in [7, 11) is 0. The van der Waals surface area contributed by atoms with E-state index in [-0.39, 0.29) is 18.1 Å². The van der Waals surface area contributed by atoms with Crippen LogP contribution in [0.3, 0.4) is 0 Å². The maximum atomic E-state index is 12.9. The molecule has 2 rings (SSSR count). The molecule has 1 heterocycles. The van der Waals surface area contributed by atoms with E-state index in [4.69, 9.17) is 17.3 Å². The lowest BCUT2D eigenvalue weighted by Crippen LogP contribution is -2.29. The molecular weight excluding hydrogens is 337 g/mol. The fraction of sp³-hybridized carbons (Fsp3) is 0.312. The summed E-state index contributed by atoms with van der Waals surface area (Å²) in [5.41, 5.74) is 0.744. The fourth-order valence-corrected chi connectivity index (χ4v) is 3.43. The van der Waals surface area contributed by atoms with E-state index in [2.05, 4.69) is 0 Å². The van der Waals surface area contributed by atoms with E-state index in [1.54, 1.807) is 18.2 Å². The van der Waals surface area contributed by atoms with Crippen LogP contribution in [0.25, 0.3) is 6.08 Å². The summed E-state index contributed by atoms with van der Waals surface area (Å²) in [5.74, 6) is -1.28. The first-order chi connectivity index (χ1) is 11.0. The molecule has 0 spiro atoms. The molecule has 0 bridgehead atoms. The molecule has 1 N–H and O–H groups in total. The van der Waals surface area contributed by atoms with Crippen LogP contribution in [-0.4, -0.2) is 32.7 Å². The Labute approximate surface area is 143 Å². The van der Waals surface area contributed by atoms with Gasteiger partial charge in [-0.1, -0.05) is 42.5 Å². The highest BCUT2D eigenvalue weighted by molar-refractivity contribution is 8.26. The third-order valence-corrected chi connectivity index (χ3v) is 4.69. The third-order valence-electron chi connectivity index (χ3n) is 3.31. The number of thiocarbonyl (C=S) groups is 1. The summed E-state index contributed by atoms with van der Waals surface area (Å²) in [6.07, 6.45) is 3.88. The van der Waals surface area contributed by atoms with Crippen LogP contribution >= 0.6 is 24.0 Å². The lowest BCUT2D eigenvalue weighted by atomic mass is 10.2. The first kappa shape index (κ1) is 17.6. The molecule has 0 aliphatic carbocycles. The van der Waals surface area contributed by atoms with E-state index in [1.807, 2.05) is 0 Å². The van der Waals surface area contributed by atoms with Crippen molar-refractivity contribution < 1.29 is 19.1 Å². The lowest BCUT2D eigenvalue weighted by Gasteiger charge is -2.13. The number of carboxylic acids is 1. The van der Waals surface area contributed by atoms with Crippen LogP contribution in [0.15, 0.2) is 29.2 Å². The summed E-state index contributed by atoms with van der Waals surface area (Å²) in [6.45, 7) is 0.491. The van der Waals surface area contributed by atoms with Crippen molar-refractivity contribution in [3.05, 3.63) is 40.6 Å². The van der Waals surface area contributed by atoms with E-state index in [0.717, 1.165) is 12.0 Å². The van der Waals surface area contributed by atoms with Crippen molar-refractivity contribution in [1.29, 1.82) is 0 Å². The number of hydrogen-bond donors (Lipinski definition) is 1. The number of carbonyl (C=O) groups excluding carboxylic acids is 1. The van der Waals surface area contributed by atoms with Crippen LogP contribution in [0.1, 0.15) is 31.2 Å². The van der Waals surface area contributed by atoms with Gasteiger partial charge >= 0.3 is 5.97 Å². The number of rotatable bonds is 7. The van der Waals surface area contributed by atoms with Crippen LogP contribution in [0.2, 0.25) is 0 Å². The Balaban J connectivity index is 1.91. The van der Waals surface area contributed by atoms with Gasteiger partial charge in [-0.25, -0.2) is 4.39 Å². The van der Waals surface area contributed by atoms with Crippen molar-refractivity contribution >= 4 is 46.3 Å². The molecule has 1 aromatic rings. The van der Waals surface area contributed by atoms with Crippen molar-refractivity contribution in [2.24, 2.45) is 0 Å². The minimum absolute atomic E-state index is 0.142. The average molecular weight is 353 g/mol. The minimum atomic E-state index is -0.808. The van der Waals surface area contributed by atoms with Gasteiger partial charge in [0.25, 0.3) is 5.91 Å². The van der Waals surface area contributed by atoms with E-state index in [0.29, 0.717) is 28.6 Å². The molecule has 0 unspecified atom stereocenters. The average Bonchev–Trinajstić information content (AvgIpc) is 2.76. The molecule has 0 saturated carbocycles. The molecule has 1 aromatic carbocycles. The van der Waals surface area contributed by atoms with Crippen molar-refractivity contribution in [3.8, 4) is 0 Å². The molecule has 122 valence electrons. The molecule has 23 heavy (non-hydrogen) atoms. The lowest BCUT2D eigenvalue weighted by molar-refractivity contribution is -0.137. The van der Waals surface area contributed by atoms with Gasteiger partial charge in [0.2, 0.25) is 0 Å². The number of amides is 1. The van der Waals surface area contributed by atoms with Crippen molar-refractivity contribution in [2.45, 2.75) is 25.7 Å². The highest BCUT2D eigenvalue weighted by atomic mass is 32.2. The largest absolute Gasteiger partial charge is 0.481 e. The zero-order chi connectivity index (χ0) is 16.8. The Morgan fingerprint density at radius 3 is 2.61 bits per heavy atom. The maximum Gasteiger partial charge on any atom is 0.303 e. The number of halogens is 1. The van der Waals surface area contributed by atoms with E-state index >= 15 is 0 Å². The minimum Gasteiger partial charge on any atom is -0.481 e. The van der Waals surface area contributed by atoms with Crippen molar-refractivity contribution in [3.63, 3.8) is 0 Å². The molecule has 1 aliphatic rings. The summed E-state index contributed by atoms with van der Waals surface area (Å²) in [4.78, 5) is 24.8. The number of unbranched alkanes of at least 4 members (excludes halogenated alkanes) is 2. The number of aliphatic carboxylic acids is 1. The van der Waals surface area contributed by atoms with Crippen LogP contribution < -0.4 is 0 Å². The van der Waals surface area contributed by atoms with Gasteiger partial charge in [-0.2, -0.15) is 0 Å². The number of nitrogens with zero attached hydrogens (tertiary/aromatic N) is 1. The first-order valence-corrected chi connectivity index (χ1v) is 8.42. The van der Waals surface area contributed by atoms with Gasteiger partial charge in [0.1, 0.15) is 10.1 Å². The summed E-state index contributed by atoms with van der Waals surface area (Å²) in [6, 6.07) is 5.89. The second-order valence-corrected chi connectivity index (χ2v) is 6.77. The molecule has 4 nitrogen and oxygen atoms in total. The smallest absolute Gasteiger partial charge is 0.303 e. The maximum absolute atomic E-state index is 12.9. The van der Waals surface area contributed by atoms with Gasteiger partial charge in [0.05, 0.1) is 4.91 Å². The zero-order valence-corrected chi connectivity index (χ0v) is 14.0. The van der Waals surface area contributed by atoms with Crippen LogP contribution in [0.5, 0.6) is 0 Å². The van der Waals surface area contributed by atoms with E-state index in [9.17, 15) is 14.0 Å². The standard InChI is InChI=1S/C16H16FNO3S2/c17-12-7-5-11(6-8-12)10-13-15(21)18(16(22)23-13)9-3-1-2-4-14(19)20/h5-8,10H,1-4,9H2,(H,19,20)/b13-10-. The third kappa shape index (κ3) is 5.14. The molecule has 1 fully saturated rings. The van der Waals surface area contributed by atoms with Gasteiger partial charge in [-0.15, -0.1) is 0 Å². The van der Waals surface area contributed by atoms with Gasteiger partial charge in [-0.05, 0) is 36.6 Å². The molecule has 1 saturated heterocycles. The molecule has 0 atom stereocenters. The second kappa shape index (κ2) is 8.21. The van der Waals surface area contributed by atoms with Crippen molar-refractivity contribution in [2.75, 3.05) is 6.54 Å². The number of benzene rings is 1. The Kier molecular flexibility index (Phi) is 6.29. The van der Waals surface area contributed by atoms with Gasteiger partial charge < -0.3 is 5.11 Å². The quantitative estimate of drug-likeness (QED) is 0.460. The summed E-state index contributed by atoms with van der Waals surface area (Å²) >= 11 is 6.45. The molecule has 0 aromatic heterocycles. The zero-order valence-electron chi connectivity index (χ0n) is 12.3. The second-order valence-electron chi connectivity index (χ2n) is 5.09. The topological polar surface area (TPSA) is 57.6 Å². The van der Waals surface area contributed by atoms with Crippen LogP contribution in [0, 0.1) is 5.82 Å².